The topological polar surface area (TPSA) is 78.9 Å². The van der Waals surface area contributed by atoms with Gasteiger partial charge >= 0.3 is 0 Å². The third kappa shape index (κ3) is 3.76. The van der Waals surface area contributed by atoms with E-state index in [1.54, 1.807) is 6.92 Å². The number of carbonyl (C=O) groups excluding carboxylic acids is 2. The van der Waals surface area contributed by atoms with E-state index in [2.05, 4.69) is 5.32 Å². The smallest absolute Gasteiger partial charge is 0.246 e. The van der Waals surface area contributed by atoms with Gasteiger partial charge in [-0.3, -0.25) is 9.59 Å². The lowest BCUT2D eigenvalue weighted by molar-refractivity contribution is -0.152. The predicted molar refractivity (Wildman–Crippen MR) is 97.3 cm³/mol. The average Bonchev–Trinajstić information content (AvgIpc) is 2.55. The molecular weight excluding hydrogens is 332 g/mol. The molecule has 1 aromatic rings. The van der Waals surface area contributed by atoms with Crippen molar-refractivity contribution >= 4 is 11.8 Å². The normalized spacial score (nSPS) is 29.1. The quantitative estimate of drug-likeness (QED) is 0.837. The summed E-state index contributed by atoms with van der Waals surface area (Å²) in [6.45, 7) is 2.13. The van der Waals surface area contributed by atoms with E-state index in [0.717, 1.165) is 24.8 Å². The Hall–Kier alpha value is -1.92. The van der Waals surface area contributed by atoms with Crippen molar-refractivity contribution in [2.45, 2.75) is 50.3 Å². The molecule has 2 N–H and O–H groups in total. The van der Waals surface area contributed by atoms with E-state index in [-0.39, 0.29) is 24.3 Å². The fourth-order valence-electron chi connectivity index (χ4n) is 3.90. The maximum absolute atomic E-state index is 13.0. The van der Waals surface area contributed by atoms with Crippen LogP contribution in [0.5, 0.6) is 0 Å². The summed E-state index contributed by atoms with van der Waals surface area (Å²) >= 11 is 0. The molecule has 3 rings (SSSR count). The van der Waals surface area contributed by atoms with Crippen LogP contribution in [0.4, 0.5) is 0 Å². The standard InChI is InChI=1S/C20H28N2O4/c1-20(25)11-12-22(19(24)15-9-6-10-15)17(14-7-4-3-5-8-14)18(20)21-16(23)13-26-2/h3-5,7-8,15,17-18,25H,6,9-13H2,1-2H3,(H,21,23). The van der Waals surface area contributed by atoms with Crippen molar-refractivity contribution < 1.29 is 19.4 Å². The fraction of sp³-hybridized carbons (Fsp3) is 0.600. The number of aliphatic hydroxyl groups is 1. The van der Waals surface area contributed by atoms with Gasteiger partial charge in [-0.1, -0.05) is 36.8 Å². The van der Waals surface area contributed by atoms with Crippen LogP contribution in [0, 0.1) is 5.92 Å². The highest BCUT2D eigenvalue weighted by molar-refractivity contribution is 5.81. The van der Waals surface area contributed by atoms with Crippen molar-refractivity contribution in [3.05, 3.63) is 35.9 Å². The van der Waals surface area contributed by atoms with E-state index in [1.165, 1.54) is 7.11 Å². The first-order chi connectivity index (χ1) is 12.4. The third-order valence-electron chi connectivity index (χ3n) is 5.65. The van der Waals surface area contributed by atoms with Crippen molar-refractivity contribution in [1.82, 2.24) is 10.2 Å². The summed E-state index contributed by atoms with van der Waals surface area (Å²) in [4.78, 5) is 27.1. The van der Waals surface area contributed by atoms with Crippen LogP contribution in [0.25, 0.3) is 0 Å². The molecule has 2 aliphatic rings. The van der Waals surface area contributed by atoms with Crippen LogP contribution in [0.15, 0.2) is 30.3 Å². The minimum atomic E-state index is -1.11. The molecular formula is C20H28N2O4. The van der Waals surface area contributed by atoms with Crippen molar-refractivity contribution in [1.29, 1.82) is 0 Å². The van der Waals surface area contributed by atoms with Crippen LogP contribution in [0.3, 0.4) is 0 Å². The third-order valence-corrected chi connectivity index (χ3v) is 5.65. The summed E-state index contributed by atoms with van der Waals surface area (Å²) in [6.07, 6.45) is 3.36. The summed E-state index contributed by atoms with van der Waals surface area (Å²) < 4.78 is 4.92. The zero-order valence-corrected chi connectivity index (χ0v) is 15.5. The van der Waals surface area contributed by atoms with Gasteiger partial charge in [0.05, 0.1) is 17.7 Å². The van der Waals surface area contributed by atoms with E-state index < -0.39 is 17.7 Å². The first kappa shape index (κ1) is 18.9. The van der Waals surface area contributed by atoms with Crippen LogP contribution in [0.2, 0.25) is 0 Å². The highest BCUT2D eigenvalue weighted by Gasteiger charge is 2.48. The number of rotatable bonds is 5. The van der Waals surface area contributed by atoms with Crippen molar-refractivity contribution in [2.24, 2.45) is 5.92 Å². The summed E-state index contributed by atoms with van der Waals surface area (Å²) in [5, 5.41) is 13.9. The number of piperidine rings is 1. The Bertz CT molecular complexity index is 642. The van der Waals surface area contributed by atoms with Gasteiger partial charge in [-0.05, 0) is 31.7 Å². The summed E-state index contributed by atoms with van der Waals surface area (Å²) in [5.41, 5.74) is -0.191. The maximum Gasteiger partial charge on any atom is 0.246 e. The number of nitrogens with one attached hydrogen (secondary N) is 1. The number of benzene rings is 1. The molecule has 0 spiro atoms. The molecule has 2 amide bonds. The van der Waals surface area contributed by atoms with Crippen molar-refractivity contribution in [3.63, 3.8) is 0 Å². The lowest BCUT2D eigenvalue weighted by atomic mass is 9.77. The number of hydrogen-bond acceptors (Lipinski definition) is 4. The highest BCUT2D eigenvalue weighted by Crippen LogP contribution is 2.40. The van der Waals surface area contributed by atoms with Crippen LogP contribution >= 0.6 is 0 Å². The van der Waals surface area contributed by atoms with Crippen molar-refractivity contribution in [2.75, 3.05) is 20.3 Å². The monoisotopic (exact) mass is 360 g/mol. The van der Waals surface area contributed by atoms with Crippen LogP contribution < -0.4 is 5.32 Å². The fourth-order valence-corrected chi connectivity index (χ4v) is 3.90. The lowest BCUT2D eigenvalue weighted by Crippen LogP contribution is -2.64. The minimum absolute atomic E-state index is 0.0691. The molecule has 1 aliphatic carbocycles. The number of amides is 2. The molecule has 1 saturated carbocycles. The summed E-state index contributed by atoms with van der Waals surface area (Å²) in [7, 11) is 1.46. The molecule has 0 aromatic heterocycles. The minimum Gasteiger partial charge on any atom is -0.388 e. The Balaban J connectivity index is 1.95. The Morgan fingerprint density at radius 1 is 1.31 bits per heavy atom. The van der Waals surface area contributed by atoms with Gasteiger partial charge in [0.2, 0.25) is 11.8 Å². The lowest BCUT2D eigenvalue weighted by Gasteiger charge is -2.50. The Labute approximate surface area is 154 Å². The molecule has 1 aliphatic heterocycles. The molecule has 3 unspecified atom stereocenters. The van der Waals surface area contributed by atoms with Gasteiger partial charge in [0.1, 0.15) is 6.61 Å². The van der Waals surface area contributed by atoms with Gasteiger partial charge in [-0.2, -0.15) is 0 Å². The van der Waals surface area contributed by atoms with Crippen molar-refractivity contribution in [3.8, 4) is 0 Å². The molecule has 26 heavy (non-hydrogen) atoms. The number of hydrogen-bond donors (Lipinski definition) is 2. The first-order valence-electron chi connectivity index (χ1n) is 9.30. The van der Waals surface area contributed by atoms with Gasteiger partial charge in [-0.25, -0.2) is 0 Å². The molecule has 0 bridgehead atoms. The average molecular weight is 360 g/mol. The SMILES string of the molecule is COCC(=O)NC1C(c2ccccc2)N(C(=O)C2CCC2)CCC1(C)O. The second-order valence-electron chi connectivity index (χ2n) is 7.60. The van der Waals surface area contributed by atoms with E-state index in [9.17, 15) is 14.7 Å². The molecule has 142 valence electrons. The van der Waals surface area contributed by atoms with Crippen LogP contribution in [-0.4, -0.2) is 53.7 Å². The molecule has 2 fully saturated rings. The summed E-state index contributed by atoms with van der Waals surface area (Å²) in [6, 6.07) is 8.66. The number of methoxy groups -OCH3 is 1. The van der Waals surface area contributed by atoms with Crippen LogP contribution in [-0.2, 0) is 14.3 Å². The van der Waals surface area contributed by atoms with Gasteiger partial charge in [0.15, 0.2) is 0 Å². The number of nitrogens with zero attached hydrogens (tertiary/aromatic N) is 1. The predicted octanol–water partition coefficient (Wildman–Crippen LogP) is 1.64. The largest absolute Gasteiger partial charge is 0.388 e. The zero-order chi connectivity index (χ0) is 18.7. The number of carbonyl (C=O) groups is 2. The van der Waals surface area contributed by atoms with E-state index >= 15 is 0 Å². The zero-order valence-electron chi connectivity index (χ0n) is 15.5. The Morgan fingerprint density at radius 3 is 2.58 bits per heavy atom. The highest BCUT2D eigenvalue weighted by atomic mass is 16.5. The Morgan fingerprint density at radius 2 is 2.00 bits per heavy atom. The molecule has 1 heterocycles. The molecule has 1 saturated heterocycles. The van der Waals surface area contributed by atoms with Gasteiger partial charge in [-0.15, -0.1) is 0 Å². The van der Waals surface area contributed by atoms with Gasteiger partial charge in [0.25, 0.3) is 0 Å². The van der Waals surface area contributed by atoms with E-state index in [4.69, 9.17) is 4.74 Å². The molecule has 6 heteroatoms. The molecule has 0 radical (unpaired) electrons. The second kappa shape index (κ2) is 7.76. The second-order valence-corrected chi connectivity index (χ2v) is 7.60. The van der Waals surface area contributed by atoms with E-state index in [1.807, 2.05) is 35.2 Å². The Kier molecular flexibility index (Phi) is 5.63. The number of likely N-dealkylation sites (tertiary alicyclic amines) is 1. The van der Waals surface area contributed by atoms with Gasteiger partial charge in [0, 0.05) is 19.6 Å². The first-order valence-corrected chi connectivity index (χ1v) is 9.30. The summed E-state index contributed by atoms with van der Waals surface area (Å²) in [5.74, 6) is -0.0946. The molecule has 3 atom stereocenters. The number of ether oxygens (including phenoxy) is 1. The molecule has 6 nitrogen and oxygen atoms in total. The van der Waals surface area contributed by atoms with E-state index in [0.29, 0.717) is 13.0 Å². The molecule has 1 aromatic carbocycles. The maximum atomic E-state index is 13.0. The van der Waals surface area contributed by atoms with Crippen LogP contribution in [0.1, 0.15) is 44.2 Å². The van der Waals surface area contributed by atoms with Gasteiger partial charge < -0.3 is 20.1 Å².